The SMILES string of the molecule is COc1c(Cl)cc(C(=O)N2CCCC2C(=O)N(C)C)cc1Cl. The third kappa shape index (κ3) is 3.15. The molecule has 0 N–H and O–H groups in total. The third-order valence-electron chi connectivity index (χ3n) is 3.69. The summed E-state index contributed by atoms with van der Waals surface area (Å²) in [6.07, 6.45) is 1.47. The number of likely N-dealkylation sites (tertiary alicyclic amines) is 1. The van der Waals surface area contributed by atoms with E-state index < -0.39 is 6.04 Å². The minimum Gasteiger partial charge on any atom is -0.494 e. The predicted molar refractivity (Wildman–Crippen MR) is 85.8 cm³/mol. The molecule has 1 aromatic carbocycles. The quantitative estimate of drug-likeness (QED) is 0.846. The van der Waals surface area contributed by atoms with E-state index in [-0.39, 0.29) is 21.9 Å². The first-order chi connectivity index (χ1) is 10.4. The van der Waals surface area contributed by atoms with Crippen LogP contribution >= 0.6 is 23.2 Å². The molecule has 120 valence electrons. The molecule has 1 aromatic rings. The Hall–Kier alpha value is -1.46. The molecular formula is C15H18Cl2N2O3. The lowest BCUT2D eigenvalue weighted by atomic mass is 10.1. The van der Waals surface area contributed by atoms with Gasteiger partial charge in [0, 0.05) is 26.2 Å². The third-order valence-corrected chi connectivity index (χ3v) is 4.25. The highest BCUT2D eigenvalue weighted by molar-refractivity contribution is 6.37. The smallest absolute Gasteiger partial charge is 0.254 e. The molecule has 5 nitrogen and oxygen atoms in total. The highest BCUT2D eigenvalue weighted by Crippen LogP contribution is 2.34. The van der Waals surface area contributed by atoms with Crippen LogP contribution < -0.4 is 4.74 Å². The van der Waals surface area contributed by atoms with Crippen LogP contribution in [-0.2, 0) is 4.79 Å². The van der Waals surface area contributed by atoms with E-state index in [1.54, 1.807) is 19.0 Å². The average molecular weight is 345 g/mol. The van der Waals surface area contributed by atoms with Crippen LogP contribution in [0.4, 0.5) is 0 Å². The van der Waals surface area contributed by atoms with Crippen molar-refractivity contribution in [2.75, 3.05) is 27.7 Å². The largest absolute Gasteiger partial charge is 0.494 e. The van der Waals surface area contributed by atoms with Gasteiger partial charge in [-0.05, 0) is 25.0 Å². The van der Waals surface area contributed by atoms with Crippen molar-refractivity contribution in [2.24, 2.45) is 0 Å². The molecule has 1 aliphatic rings. The number of rotatable bonds is 3. The van der Waals surface area contributed by atoms with Gasteiger partial charge in [0.2, 0.25) is 5.91 Å². The van der Waals surface area contributed by atoms with Crippen molar-refractivity contribution in [1.82, 2.24) is 9.80 Å². The number of amides is 2. The summed E-state index contributed by atoms with van der Waals surface area (Å²) in [7, 11) is 4.83. The van der Waals surface area contributed by atoms with Gasteiger partial charge in [0.05, 0.1) is 17.2 Å². The molecule has 1 aliphatic heterocycles. The molecule has 0 saturated carbocycles. The van der Waals surface area contributed by atoms with Crippen molar-refractivity contribution >= 4 is 35.0 Å². The van der Waals surface area contributed by atoms with Crippen LogP contribution in [0.2, 0.25) is 10.0 Å². The van der Waals surface area contributed by atoms with Gasteiger partial charge in [-0.3, -0.25) is 9.59 Å². The second-order valence-corrected chi connectivity index (χ2v) is 6.18. The Morgan fingerprint density at radius 3 is 2.36 bits per heavy atom. The first-order valence-corrected chi connectivity index (χ1v) is 7.67. The molecule has 1 unspecified atom stereocenters. The topological polar surface area (TPSA) is 49.9 Å². The van der Waals surface area contributed by atoms with Crippen LogP contribution in [0, 0.1) is 0 Å². The van der Waals surface area contributed by atoms with Gasteiger partial charge in [0.15, 0.2) is 5.75 Å². The van der Waals surface area contributed by atoms with E-state index >= 15 is 0 Å². The number of halogens is 2. The summed E-state index contributed by atoms with van der Waals surface area (Å²) in [5.41, 5.74) is 0.356. The van der Waals surface area contributed by atoms with Crippen LogP contribution in [-0.4, -0.2) is 55.4 Å². The van der Waals surface area contributed by atoms with Gasteiger partial charge in [-0.15, -0.1) is 0 Å². The second kappa shape index (κ2) is 6.75. The molecule has 0 aliphatic carbocycles. The van der Waals surface area contributed by atoms with Gasteiger partial charge in [-0.25, -0.2) is 0 Å². The highest BCUT2D eigenvalue weighted by atomic mass is 35.5. The normalized spacial score (nSPS) is 17.5. The van der Waals surface area contributed by atoms with Crippen molar-refractivity contribution in [3.05, 3.63) is 27.7 Å². The average Bonchev–Trinajstić information content (AvgIpc) is 2.94. The number of carbonyl (C=O) groups is 2. The van der Waals surface area contributed by atoms with E-state index in [9.17, 15) is 9.59 Å². The van der Waals surface area contributed by atoms with Crippen molar-refractivity contribution in [3.63, 3.8) is 0 Å². The Labute approximate surface area is 139 Å². The summed E-state index contributed by atoms with van der Waals surface area (Å²) < 4.78 is 5.08. The Balaban J connectivity index is 2.29. The Bertz CT molecular complexity index is 581. The summed E-state index contributed by atoms with van der Waals surface area (Å²) in [4.78, 5) is 28.0. The van der Waals surface area contributed by atoms with Crippen LogP contribution in [0.25, 0.3) is 0 Å². The molecule has 0 radical (unpaired) electrons. The zero-order chi connectivity index (χ0) is 16.4. The van der Waals surface area contributed by atoms with E-state index in [1.807, 2.05) is 0 Å². The maximum atomic E-state index is 12.7. The first kappa shape index (κ1) is 16.9. The van der Waals surface area contributed by atoms with E-state index in [0.29, 0.717) is 24.3 Å². The summed E-state index contributed by atoms with van der Waals surface area (Å²) >= 11 is 12.2. The van der Waals surface area contributed by atoms with E-state index in [4.69, 9.17) is 27.9 Å². The fourth-order valence-electron chi connectivity index (χ4n) is 2.61. The van der Waals surface area contributed by atoms with Gasteiger partial charge >= 0.3 is 0 Å². The first-order valence-electron chi connectivity index (χ1n) is 6.92. The Morgan fingerprint density at radius 2 is 1.86 bits per heavy atom. The van der Waals surface area contributed by atoms with Crippen molar-refractivity contribution in [2.45, 2.75) is 18.9 Å². The summed E-state index contributed by atoms with van der Waals surface area (Å²) in [6, 6.07) is 2.61. The van der Waals surface area contributed by atoms with Gasteiger partial charge in [-0.1, -0.05) is 23.2 Å². The maximum Gasteiger partial charge on any atom is 0.254 e. The van der Waals surface area contributed by atoms with E-state index in [1.165, 1.54) is 24.1 Å². The lowest BCUT2D eigenvalue weighted by molar-refractivity contribution is -0.132. The fraction of sp³-hybridized carbons (Fsp3) is 0.467. The predicted octanol–water partition coefficient (Wildman–Crippen LogP) is 2.69. The van der Waals surface area contributed by atoms with Gasteiger partial charge in [0.1, 0.15) is 6.04 Å². The minimum absolute atomic E-state index is 0.0726. The lowest BCUT2D eigenvalue weighted by Gasteiger charge is -2.26. The van der Waals surface area contributed by atoms with Gasteiger partial charge in [-0.2, -0.15) is 0 Å². The molecule has 7 heteroatoms. The lowest BCUT2D eigenvalue weighted by Crippen LogP contribution is -2.45. The molecule has 0 aromatic heterocycles. The number of ether oxygens (including phenoxy) is 1. The number of benzene rings is 1. The van der Waals surface area contributed by atoms with Crippen LogP contribution in [0.3, 0.4) is 0 Å². The molecule has 1 atom stereocenters. The van der Waals surface area contributed by atoms with E-state index in [0.717, 1.165) is 6.42 Å². The van der Waals surface area contributed by atoms with Crippen molar-refractivity contribution < 1.29 is 14.3 Å². The molecule has 22 heavy (non-hydrogen) atoms. The Morgan fingerprint density at radius 1 is 1.27 bits per heavy atom. The monoisotopic (exact) mass is 344 g/mol. The Kier molecular flexibility index (Phi) is 5.19. The number of methoxy groups -OCH3 is 1. The maximum absolute atomic E-state index is 12.7. The van der Waals surface area contributed by atoms with Gasteiger partial charge in [0.25, 0.3) is 5.91 Å². The van der Waals surface area contributed by atoms with Crippen LogP contribution in [0.15, 0.2) is 12.1 Å². The highest BCUT2D eigenvalue weighted by Gasteiger charge is 2.35. The number of hydrogen-bond acceptors (Lipinski definition) is 3. The standard InChI is InChI=1S/C15H18Cl2N2O3/c1-18(2)15(21)12-5-4-6-19(12)14(20)9-7-10(16)13(22-3)11(17)8-9/h7-8,12H,4-6H2,1-3H3. The minimum atomic E-state index is -0.429. The molecule has 1 fully saturated rings. The molecule has 1 saturated heterocycles. The molecular weight excluding hydrogens is 327 g/mol. The number of carbonyl (C=O) groups excluding carboxylic acids is 2. The van der Waals surface area contributed by atoms with Crippen molar-refractivity contribution in [3.8, 4) is 5.75 Å². The summed E-state index contributed by atoms with van der Waals surface area (Å²) in [6.45, 7) is 0.546. The number of nitrogens with zero attached hydrogens (tertiary/aromatic N) is 2. The molecule has 1 heterocycles. The second-order valence-electron chi connectivity index (χ2n) is 5.36. The number of hydrogen-bond donors (Lipinski definition) is 0. The molecule has 2 rings (SSSR count). The summed E-state index contributed by atoms with van der Waals surface area (Å²) in [5.74, 6) is 0.0166. The zero-order valence-corrected chi connectivity index (χ0v) is 14.2. The van der Waals surface area contributed by atoms with Crippen LogP contribution in [0.1, 0.15) is 23.2 Å². The fourth-order valence-corrected chi connectivity index (χ4v) is 3.25. The molecule has 0 bridgehead atoms. The van der Waals surface area contributed by atoms with Crippen molar-refractivity contribution in [1.29, 1.82) is 0 Å². The van der Waals surface area contributed by atoms with E-state index in [2.05, 4.69) is 0 Å². The summed E-state index contributed by atoms with van der Waals surface area (Å²) in [5, 5.41) is 0.543. The molecule has 0 spiro atoms. The molecule has 2 amide bonds. The number of likely N-dealkylation sites (N-methyl/N-ethyl adjacent to an activating group) is 1. The zero-order valence-electron chi connectivity index (χ0n) is 12.7. The van der Waals surface area contributed by atoms with Crippen LogP contribution in [0.5, 0.6) is 5.75 Å². The van der Waals surface area contributed by atoms with Gasteiger partial charge < -0.3 is 14.5 Å².